The summed E-state index contributed by atoms with van der Waals surface area (Å²) in [6.07, 6.45) is 0.00265. The average Bonchev–Trinajstić information content (AvgIpc) is 3.34. The standard InChI is InChI=1S/C25H24N2O6/c1-3-32-23(30)25(24(31)33-4-2,14-13-17-15-16-9-5-8-12-20(16)26-17)27-21(28)18-10-6-7-11-19(18)22(27)29/h5-12,15,26H,3-4,13-14H2,1-2H3. The fourth-order valence-corrected chi connectivity index (χ4v) is 4.20. The molecule has 0 aliphatic carbocycles. The molecule has 0 atom stereocenters. The van der Waals surface area contributed by atoms with E-state index in [2.05, 4.69) is 4.98 Å². The molecule has 4 rings (SSSR count). The van der Waals surface area contributed by atoms with Crippen LogP contribution in [0.4, 0.5) is 0 Å². The van der Waals surface area contributed by atoms with Crippen LogP contribution in [0.15, 0.2) is 54.6 Å². The summed E-state index contributed by atoms with van der Waals surface area (Å²) in [7, 11) is 0. The number of aromatic amines is 1. The second-order valence-electron chi connectivity index (χ2n) is 7.67. The summed E-state index contributed by atoms with van der Waals surface area (Å²) in [6.45, 7) is 3.12. The third-order valence-corrected chi connectivity index (χ3v) is 5.74. The summed E-state index contributed by atoms with van der Waals surface area (Å²) in [4.78, 5) is 57.2. The lowest BCUT2D eigenvalue weighted by Gasteiger charge is -2.35. The van der Waals surface area contributed by atoms with Crippen LogP contribution in [0.25, 0.3) is 10.9 Å². The van der Waals surface area contributed by atoms with Crippen molar-refractivity contribution in [2.45, 2.75) is 32.2 Å². The predicted molar refractivity (Wildman–Crippen MR) is 120 cm³/mol. The monoisotopic (exact) mass is 448 g/mol. The molecule has 0 unspecified atom stereocenters. The first-order valence-corrected chi connectivity index (χ1v) is 10.8. The molecule has 33 heavy (non-hydrogen) atoms. The maximum absolute atomic E-state index is 13.3. The number of esters is 2. The number of amides is 2. The van der Waals surface area contributed by atoms with Gasteiger partial charge in [0.05, 0.1) is 24.3 Å². The summed E-state index contributed by atoms with van der Waals surface area (Å²) >= 11 is 0. The zero-order chi connectivity index (χ0) is 23.6. The number of rotatable bonds is 8. The van der Waals surface area contributed by atoms with Gasteiger partial charge in [0.1, 0.15) is 0 Å². The molecule has 1 aliphatic heterocycles. The number of hydrogen-bond acceptors (Lipinski definition) is 6. The number of hydrogen-bond donors (Lipinski definition) is 1. The number of imide groups is 1. The zero-order valence-corrected chi connectivity index (χ0v) is 18.4. The van der Waals surface area contributed by atoms with Crippen LogP contribution >= 0.6 is 0 Å². The Kier molecular flexibility index (Phi) is 6.00. The molecule has 8 heteroatoms. The van der Waals surface area contributed by atoms with Crippen molar-refractivity contribution >= 4 is 34.7 Å². The van der Waals surface area contributed by atoms with E-state index >= 15 is 0 Å². The Bertz CT molecular complexity index is 1160. The minimum atomic E-state index is -2.25. The molecular weight excluding hydrogens is 424 g/mol. The molecule has 2 amide bonds. The second kappa shape index (κ2) is 8.90. The van der Waals surface area contributed by atoms with Crippen molar-refractivity contribution in [1.29, 1.82) is 0 Å². The molecule has 2 heterocycles. The molecule has 0 saturated carbocycles. The molecule has 1 aromatic heterocycles. The Morgan fingerprint density at radius 3 is 1.97 bits per heavy atom. The highest BCUT2D eigenvalue weighted by Gasteiger charge is 2.60. The normalized spacial score (nSPS) is 13.3. The number of H-pyrrole nitrogens is 1. The Morgan fingerprint density at radius 2 is 1.42 bits per heavy atom. The minimum absolute atomic E-state index is 0.0322. The average molecular weight is 448 g/mol. The maximum Gasteiger partial charge on any atom is 0.344 e. The van der Waals surface area contributed by atoms with Gasteiger partial charge in [-0.2, -0.15) is 0 Å². The van der Waals surface area contributed by atoms with Crippen LogP contribution in [-0.4, -0.2) is 52.4 Å². The van der Waals surface area contributed by atoms with Gasteiger partial charge >= 0.3 is 11.9 Å². The van der Waals surface area contributed by atoms with E-state index in [4.69, 9.17) is 9.47 Å². The highest BCUT2D eigenvalue weighted by atomic mass is 16.6. The van der Waals surface area contributed by atoms with E-state index in [-0.39, 0.29) is 37.2 Å². The number of nitrogens with one attached hydrogen (secondary N) is 1. The van der Waals surface area contributed by atoms with Crippen LogP contribution in [0.5, 0.6) is 0 Å². The Morgan fingerprint density at radius 1 is 0.879 bits per heavy atom. The predicted octanol–water partition coefficient (Wildman–Crippen LogP) is 3.26. The Labute approximate surface area is 190 Å². The lowest BCUT2D eigenvalue weighted by molar-refractivity contribution is -0.171. The lowest BCUT2D eigenvalue weighted by atomic mass is 9.89. The molecule has 0 radical (unpaired) electrons. The van der Waals surface area contributed by atoms with E-state index in [9.17, 15) is 19.2 Å². The molecule has 1 N–H and O–H groups in total. The van der Waals surface area contributed by atoms with Gasteiger partial charge in [0, 0.05) is 11.2 Å². The van der Waals surface area contributed by atoms with Crippen molar-refractivity contribution < 1.29 is 28.7 Å². The lowest BCUT2D eigenvalue weighted by Crippen LogP contribution is -2.63. The molecule has 0 spiro atoms. The number of carbonyl (C=O) groups is 4. The van der Waals surface area contributed by atoms with Crippen LogP contribution in [0.3, 0.4) is 0 Å². The van der Waals surface area contributed by atoms with Gasteiger partial charge in [-0.1, -0.05) is 30.3 Å². The topological polar surface area (TPSA) is 106 Å². The van der Waals surface area contributed by atoms with Gasteiger partial charge < -0.3 is 14.5 Å². The van der Waals surface area contributed by atoms with Gasteiger partial charge in [-0.05, 0) is 56.3 Å². The molecule has 170 valence electrons. The fraction of sp³-hybridized carbons (Fsp3) is 0.280. The van der Waals surface area contributed by atoms with E-state index in [1.54, 1.807) is 26.0 Å². The molecule has 1 aliphatic rings. The van der Waals surface area contributed by atoms with E-state index in [1.165, 1.54) is 12.1 Å². The summed E-state index contributed by atoms with van der Waals surface area (Å²) < 4.78 is 10.5. The minimum Gasteiger partial charge on any atom is -0.464 e. The van der Waals surface area contributed by atoms with E-state index in [0.717, 1.165) is 21.5 Å². The zero-order valence-electron chi connectivity index (χ0n) is 18.4. The number of fused-ring (bicyclic) bond motifs is 2. The van der Waals surface area contributed by atoms with Crippen molar-refractivity contribution in [3.63, 3.8) is 0 Å². The number of ether oxygens (including phenoxy) is 2. The SMILES string of the molecule is CCOC(=O)C(CCc1cc2ccccc2[nH]1)(C(=O)OCC)N1C(=O)c2ccccc2C1=O. The Hall–Kier alpha value is -3.94. The molecule has 8 nitrogen and oxygen atoms in total. The van der Waals surface area contributed by atoms with Crippen LogP contribution in [0.1, 0.15) is 46.7 Å². The van der Waals surface area contributed by atoms with Crippen molar-refractivity contribution in [3.8, 4) is 0 Å². The van der Waals surface area contributed by atoms with Gasteiger partial charge in [-0.25, -0.2) is 14.5 Å². The van der Waals surface area contributed by atoms with Gasteiger partial charge in [0.25, 0.3) is 11.8 Å². The van der Waals surface area contributed by atoms with Crippen LogP contribution in [-0.2, 0) is 25.5 Å². The second-order valence-corrected chi connectivity index (χ2v) is 7.67. The molecule has 2 aromatic carbocycles. The van der Waals surface area contributed by atoms with Crippen molar-refractivity contribution in [2.24, 2.45) is 0 Å². The van der Waals surface area contributed by atoms with E-state index in [0.29, 0.717) is 0 Å². The summed E-state index contributed by atoms with van der Waals surface area (Å²) in [5.74, 6) is -3.44. The highest BCUT2D eigenvalue weighted by Crippen LogP contribution is 2.35. The molecular formula is C25H24N2O6. The van der Waals surface area contributed by atoms with Crippen LogP contribution in [0.2, 0.25) is 0 Å². The van der Waals surface area contributed by atoms with Crippen molar-refractivity contribution in [2.75, 3.05) is 13.2 Å². The van der Waals surface area contributed by atoms with Gasteiger partial charge in [-0.3, -0.25) is 9.59 Å². The fourth-order valence-electron chi connectivity index (χ4n) is 4.20. The van der Waals surface area contributed by atoms with E-state index < -0.39 is 29.3 Å². The number of aryl methyl sites for hydroxylation is 1. The number of aromatic nitrogens is 1. The number of benzene rings is 2. The molecule has 0 bridgehead atoms. The van der Waals surface area contributed by atoms with Gasteiger partial charge in [0.15, 0.2) is 0 Å². The maximum atomic E-state index is 13.3. The van der Waals surface area contributed by atoms with Crippen molar-refractivity contribution in [1.82, 2.24) is 9.88 Å². The third-order valence-electron chi connectivity index (χ3n) is 5.74. The molecule has 0 fully saturated rings. The summed E-state index contributed by atoms with van der Waals surface area (Å²) in [5, 5.41) is 0.964. The number of carbonyl (C=O) groups excluding carboxylic acids is 4. The summed E-state index contributed by atoms with van der Waals surface area (Å²) in [5.41, 5.74) is -0.356. The van der Waals surface area contributed by atoms with E-state index in [1.807, 2.05) is 30.3 Å². The Balaban J connectivity index is 1.80. The van der Waals surface area contributed by atoms with Crippen molar-refractivity contribution in [3.05, 3.63) is 71.4 Å². The summed E-state index contributed by atoms with van der Waals surface area (Å²) in [6, 6.07) is 15.8. The first-order chi connectivity index (χ1) is 15.9. The van der Waals surface area contributed by atoms with Gasteiger partial charge in [0.2, 0.25) is 5.54 Å². The number of nitrogens with zero attached hydrogens (tertiary/aromatic N) is 1. The van der Waals surface area contributed by atoms with Crippen LogP contribution < -0.4 is 0 Å². The first kappa shape index (κ1) is 22.3. The highest BCUT2D eigenvalue weighted by molar-refractivity contribution is 6.26. The first-order valence-electron chi connectivity index (χ1n) is 10.8. The molecule has 3 aromatic rings. The quantitative estimate of drug-likeness (QED) is 0.322. The molecule has 0 saturated heterocycles. The smallest absolute Gasteiger partial charge is 0.344 e. The number of para-hydroxylation sites is 1. The van der Waals surface area contributed by atoms with Gasteiger partial charge in [-0.15, -0.1) is 0 Å². The largest absolute Gasteiger partial charge is 0.464 e. The van der Waals surface area contributed by atoms with Crippen LogP contribution in [0, 0.1) is 0 Å². The third kappa shape index (κ3) is 3.67.